The van der Waals surface area contributed by atoms with Crippen LogP contribution < -0.4 is 0 Å². The minimum atomic E-state index is -0.0957. The minimum Gasteiger partial charge on any atom is -0.411 e. The van der Waals surface area contributed by atoms with E-state index in [4.69, 9.17) is 0 Å². The molecule has 0 radical (unpaired) electrons. The van der Waals surface area contributed by atoms with Crippen LogP contribution in [0.2, 0.25) is 0 Å². The second kappa shape index (κ2) is 12.3. The average molecular weight is 478 g/mol. The molecule has 0 rings (SSSR count). The fourth-order valence-corrected chi connectivity index (χ4v) is 6.00. The van der Waals surface area contributed by atoms with Gasteiger partial charge in [-0.25, -0.2) is 0 Å². The van der Waals surface area contributed by atoms with E-state index in [0.29, 0.717) is 4.32 Å². The number of hydrogen-bond donors (Lipinski definition) is 0. The molecule has 0 spiro atoms. The Labute approximate surface area is 136 Å². The fourth-order valence-electron chi connectivity index (χ4n) is 2.00. The molecule has 0 saturated heterocycles. The Morgan fingerprint density at radius 2 is 1.12 bits per heavy atom. The van der Waals surface area contributed by atoms with Gasteiger partial charge in [0.1, 0.15) is 0 Å². The number of nitrogens with zero attached hydrogens (tertiary/aromatic N) is 1. The van der Waals surface area contributed by atoms with Gasteiger partial charge in [-0.1, -0.05) is 4.32 Å². The van der Waals surface area contributed by atoms with Crippen molar-refractivity contribution in [2.24, 2.45) is 0 Å². The molecule has 0 saturated carbocycles. The molecule has 0 aliphatic heterocycles. The van der Waals surface area contributed by atoms with Gasteiger partial charge in [0.05, 0.1) is 17.0 Å². The second-order valence-electron chi connectivity index (χ2n) is 5.12. The summed E-state index contributed by atoms with van der Waals surface area (Å²) in [6.45, 7) is 14.2. The molecule has 0 amide bonds. The van der Waals surface area contributed by atoms with Crippen molar-refractivity contribution in [1.82, 2.24) is 4.90 Å². The largest absolute Gasteiger partial charge is 1.00 e. The van der Waals surface area contributed by atoms with E-state index in [-0.39, 0.29) is 30.3 Å². The van der Waals surface area contributed by atoms with Crippen molar-refractivity contribution < 1.29 is 22.4 Å². The fraction of sp³-hybridized carbons (Fsp3) is 0.917. The molecule has 17 heavy (non-hydrogen) atoms. The first kappa shape index (κ1) is 23.4. The summed E-state index contributed by atoms with van der Waals surface area (Å²) < 4.78 is 0.509. The summed E-state index contributed by atoms with van der Waals surface area (Å²) in [6, 6.07) is 0. The van der Waals surface area contributed by atoms with E-state index in [1.807, 2.05) is 14.1 Å². The van der Waals surface area contributed by atoms with Crippen molar-refractivity contribution in [3.63, 3.8) is 0 Å². The maximum atomic E-state index is 4.56. The van der Waals surface area contributed by atoms with Gasteiger partial charge < -0.3 is 29.7 Å². The third-order valence-electron chi connectivity index (χ3n) is 2.37. The smallest absolute Gasteiger partial charge is 0.411 e. The molecule has 0 aromatic rings. The number of hydrogen-bond acceptors (Lipinski definition) is 2. The first-order chi connectivity index (χ1) is 7.11. The summed E-state index contributed by atoms with van der Waals surface area (Å²) in [6.07, 6.45) is 0. The Kier molecular flexibility index (Phi) is 16.9. The molecule has 0 aliphatic carbocycles. The summed E-state index contributed by atoms with van der Waals surface area (Å²) >= 11 is 9.12. The zero-order valence-electron chi connectivity index (χ0n) is 12.3. The number of rotatable bonds is 3. The Hall–Kier alpha value is 1.28. The summed E-state index contributed by atoms with van der Waals surface area (Å²) in [7, 11) is 3.56. The van der Waals surface area contributed by atoms with Crippen LogP contribution in [0.15, 0.2) is 0 Å². The molecule has 5 heteroatoms. The van der Waals surface area contributed by atoms with Gasteiger partial charge in [-0.2, -0.15) is 0 Å². The molecule has 0 unspecified atom stereocenters. The molecule has 108 valence electrons. The molecule has 0 N–H and O–H groups in total. The molecular formula is C12H28AuNPS2+. The predicted molar refractivity (Wildman–Crippen MR) is 87.4 cm³/mol. The predicted octanol–water partition coefficient (Wildman–Crippen LogP) is 3.80. The van der Waals surface area contributed by atoms with Crippen LogP contribution in [-0.4, -0.2) is 40.3 Å². The topological polar surface area (TPSA) is 3.24 Å². The number of thiocarbonyl (C=S) groups is 1. The van der Waals surface area contributed by atoms with Crippen LogP contribution in [0.3, 0.4) is 0 Å². The zero-order chi connectivity index (χ0) is 13.5. The maximum absolute atomic E-state index is 4.56. The van der Waals surface area contributed by atoms with E-state index < -0.39 is 0 Å². The first-order valence-corrected chi connectivity index (χ1v) is 8.40. The third kappa shape index (κ3) is 13.5. The van der Waals surface area contributed by atoms with E-state index in [9.17, 15) is 0 Å². The maximum Gasteiger partial charge on any atom is 1.00 e. The average Bonchev–Trinajstić information content (AvgIpc) is 2.01. The summed E-state index contributed by atoms with van der Waals surface area (Å²) in [5, 5.41) is 0. The van der Waals surface area contributed by atoms with Crippen LogP contribution in [0, 0.1) is 0 Å². The summed E-state index contributed by atoms with van der Waals surface area (Å²) in [5.41, 5.74) is 2.81. The Morgan fingerprint density at radius 3 is 1.12 bits per heavy atom. The first-order valence-electron chi connectivity index (χ1n) is 5.86. The monoisotopic (exact) mass is 478 g/mol. The van der Waals surface area contributed by atoms with E-state index in [1.165, 1.54) is 0 Å². The van der Waals surface area contributed by atoms with Gasteiger partial charge in [0.25, 0.3) is 0 Å². The van der Waals surface area contributed by atoms with Crippen molar-refractivity contribution in [3.05, 3.63) is 0 Å². The molecule has 0 atom stereocenters. The molecule has 0 bridgehead atoms. The van der Waals surface area contributed by atoms with Gasteiger partial charge in [0.2, 0.25) is 0 Å². The van der Waals surface area contributed by atoms with Gasteiger partial charge in [-0.15, -0.1) is 0 Å². The van der Waals surface area contributed by atoms with Crippen LogP contribution in [0.5, 0.6) is 0 Å². The van der Waals surface area contributed by atoms with Gasteiger partial charge in [-0.3, -0.25) is 0 Å². The van der Waals surface area contributed by atoms with Crippen molar-refractivity contribution in [2.75, 3.05) is 14.1 Å². The molecule has 0 heterocycles. The quantitative estimate of drug-likeness (QED) is 0.263. The van der Waals surface area contributed by atoms with Crippen molar-refractivity contribution in [1.29, 1.82) is 0 Å². The second-order valence-corrected chi connectivity index (χ2v) is 10.6. The van der Waals surface area contributed by atoms with Gasteiger partial charge in [0.15, 0.2) is 0 Å². The van der Waals surface area contributed by atoms with Crippen LogP contribution in [0.25, 0.3) is 0 Å². The molecule has 1 nitrogen and oxygen atoms in total. The van der Waals surface area contributed by atoms with Crippen molar-refractivity contribution in [2.45, 2.75) is 58.5 Å². The molecule has 0 aromatic heterocycles. The Balaban J connectivity index is -0.000000244. The third-order valence-corrected chi connectivity index (χ3v) is 7.10. The Morgan fingerprint density at radius 1 is 0.941 bits per heavy atom. The molecule has 0 aliphatic rings. The Bertz CT molecular complexity index is 178. The van der Waals surface area contributed by atoms with Crippen LogP contribution in [0.1, 0.15) is 41.5 Å². The van der Waals surface area contributed by atoms with Gasteiger partial charge in [0, 0.05) is 22.0 Å². The molecular weight excluding hydrogens is 450 g/mol. The SMILES string of the molecule is CC(C)[PH+](C(C)C)C(C)C.CN(C)C(=S)[S-].[Au+]. The van der Waals surface area contributed by atoms with E-state index in [2.05, 4.69) is 66.4 Å². The van der Waals surface area contributed by atoms with E-state index >= 15 is 0 Å². The van der Waals surface area contributed by atoms with Crippen LogP contribution >= 0.6 is 20.1 Å². The van der Waals surface area contributed by atoms with Crippen LogP contribution in [0.4, 0.5) is 0 Å². The molecule has 0 fully saturated rings. The standard InChI is InChI=1S/C9H21P.C3H7NS2.Au/c1-7(2)10(8(3)4)9(5)6;1-4(2)3(5)6;/h7-9H,1-6H3;1-2H3,(H,5,6);/q;;+1. The summed E-state index contributed by atoms with van der Waals surface area (Å²) in [4.78, 5) is 1.71. The van der Waals surface area contributed by atoms with E-state index in [1.54, 1.807) is 4.90 Å². The minimum absolute atomic E-state index is 0. The van der Waals surface area contributed by atoms with Crippen LogP contribution in [-0.2, 0) is 35.0 Å². The van der Waals surface area contributed by atoms with E-state index in [0.717, 1.165) is 17.0 Å². The van der Waals surface area contributed by atoms with Crippen molar-refractivity contribution in [3.8, 4) is 0 Å². The van der Waals surface area contributed by atoms with Gasteiger partial charge in [-0.05, 0) is 41.5 Å². The summed E-state index contributed by atoms with van der Waals surface area (Å²) in [5.74, 6) is 0. The molecule has 0 aromatic carbocycles. The van der Waals surface area contributed by atoms with Gasteiger partial charge >= 0.3 is 22.4 Å². The van der Waals surface area contributed by atoms with Crippen molar-refractivity contribution >= 4 is 37.1 Å². The zero-order valence-corrected chi connectivity index (χ0v) is 17.1. The normalized spacial score (nSPS) is 10.1.